The zero-order chi connectivity index (χ0) is 47.9. The number of esters is 1. The molecule has 1 saturated heterocycles. The molecule has 1 aliphatic heterocycles. The predicted molar refractivity (Wildman–Crippen MR) is 237 cm³/mol. The maximum atomic E-state index is 13.8. The number of benzene rings is 2. The van der Waals surface area contributed by atoms with Crippen molar-refractivity contribution in [2.45, 2.75) is 154 Å². The number of nitrogens with one attached hydrogen (secondary N) is 5. The summed E-state index contributed by atoms with van der Waals surface area (Å²) in [5.74, 6) is -4.90. The van der Waals surface area contributed by atoms with Gasteiger partial charge in [-0.1, -0.05) is 79.9 Å². The highest BCUT2D eigenvalue weighted by molar-refractivity contribution is 6.02. The number of Topliss-reactive ketones (excluding diaryl/α,β-unsaturated/α-hetero) is 2. The Bertz CT molecular complexity index is 1950. The van der Waals surface area contributed by atoms with E-state index in [1.54, 1.807) is 63.2 Å². The number of hydroxylamine groups is 2. The van der Waals surface area contributed by atoms with Gasteiger partial charge in [-0.3, -0.25) is 28.8 Å². The molecule has 0 unspecified atom stereocenters. The van der Waals surface area contributed by atoms with Crippen LogP contribution in [0.25, 0.3) is 0 Å². The Labute approximate surface area is 380 Å². The van der Waals surface area contributed by atoms with Gasteiger partial charge in [-0.25, -0.2) is 14.4 Å². The van der Waals surface area contributed by atoms with Crippen LogP contribution in [-0.4, -0.2) is 100 Å². The van der Waals surface area contributed by atoms with E-state index in [0.29, 0.717) is 36.4 Å². The van der Waals surface area contributed by atoms with Gasteiger partial charge >= 0.3 is 18.0 Å². The van der Waals surface area contributed by atoms with Gasteiger partial charge in [0.2, 0.25) is 17.7 Å². The van der Waals surface area contributed by atoms with Crippen LogP contribution in [0.3, 0.4) is 0 Å². The molecule has 1 fully saturated rings. The number of nitrogens with zero attached hydrogens (tertiary/aromatic N) is 1. The lowest BCUT2D eigenvalue weighted by Gasteiger charge is -2.25. The van der Waals surface area contributed by atoms with Gasteiger partial charge in [-0.05, 0) is 71.4 Å². The minimum absolute atomic E-state index is 0.000745. The van der Waals surface area contributed by atoms with Crippen molar-refractivity contribution in [1.29, 1.82) is 0 Å². The number of rotatable bonds is 27. The average Bonchev–Trinajstić information content (AvgIpc) is 3.56. The van der Waals surface area contributed by atoms with Gasteiger partial charge in [0.05, 0.1) is 6.04 Å². The summed E-state index contributed by atoms with van der Waals surface area (Å²) in [5.41, 5.74) is 0.587. The SMILES string of the molecule is CC(=O)CC[C@H](NC(=O)N[C@@H](CCC(=O)NCCCCCCCC(=O)N[C@@H](Cc1ccccc1)C(=O)N[C@@H](Cc1ccccc1)C(=O)ON1C(=O)CCC1=O)C(=O)OC(C)(C)C)C(C)=O. The van der Waals surface area contributed by atoms with Gasteiger partial charge in [-0.2, -0.15) is 0 Å². The first-order chi connectivity index (χ1) is 30.8. The number of imide groups is 1. The van der Waals surface area contributed by atoms with Crippen molar-refractivity contribution < 1.29 is 57.5 Å². The number of urea groups is 1. The molecule has 1 aliphatic rings. The normalized spacial score (nSPS) is 14.3. The van der Waals surface area contributed by atoms with Crippen molar-refractivity contribution in [3.63, 3.8) is 0 Å². The number of unbranched alkanes of at least 4 members (excludes halogenated alkanes) is 4. The Morgan fingerprint density at radius 1 is 0.600 bits per heavy atom. The van der Waals surface area contributed by atoms with Crippen molar-refractivity contribution in [1.82, 2.24) is 31.6 Å². The molecule has 65 heavy (non-hydrogen) atoms. The molecule has 18 heteroatoms. The number of carbonyl (C=O) groups excluding carboxylic acids is 10. The predicted octanol–water partition coefficient (Wildman–Crippen LogP) is 3.62. The second-order valence-corrected chi connectivity index (χ2v) is 17.1. The van der Waals surface area contributed by atoms with Gasteiger partial charge in [-0.15, -0.1) is 5.06 Å². The average molecular weight is 905 g/mol. The van der Waals surface area contributed by atoms with Crippen LogP contribution in [0.2, 0.25) is 0 Å². The highest BCUT2D eigenvalue weighted by atomic mass is 16.7. The van der Waals surface area contributed by atoms with E-state index < -0.39 is 65.5 Å². The summed E-state index contributed by atoms with van der Waals surface area (Å²) in [6, 6.07) is 12.6. The van der Waals surface area contributed by atoms with E-state index in [1.165, 1.54) is 13.8 Å². The van der Waals surface area contributed by atoms with Crippen LogP contribution in [0.15, 0.2) is 60.7 Å². The summed E-state index contributed by atoms with van der Waals surface area (Å²) < 4.78 is 5.44. The molecular formula is C47H64N6O12. The fourth-order valence-electron chi connectivity index (χ4n) is 6.69. The maximum absolute atomic E-state index is 13.8. The molecule has 1 heterocycles. The number of ketones is 2. The Balaban J connectivity index is 1.46. The van der Waals surface area contributed by atoms with Gasteiger partial charge < -0.3 is 41.0 Å². The van der Waals surface area contributed by atoms with Crippen LogP contribution in [0.1, 0.15) is 123 Å². The molecule has 354 valence electrons. The molecule has 18 nitrogen and oxygen atoms in total. The highest BCUT2D eigenvalue weighted by Gasteiger charge is 2.36. The van der Waals surface area contributed by atoms with Gasteiger partial charge in [0.1, 0.15) is 29.5 Å². The van der Waals surface area contributed by atoms with Crippen LogP contribution < -0.4 is 26.6 Å². The van der Waals surface area contributed by atoms with Crippen molar-refractivity contribution in [3.05, 3.63) is 71.8 Å². The molecule has 2 aromatic rings. The molecule has 0 radical (unpaired) electrons. The summed E-state index contributed by atoms with van der Waals surface area (Å²) in [5, 5.41) is 13.7. The topological polar surface area (TPSA) is 253 Å². The molecular weight excluding hydrogens is 841 g/mol. The molecule has 4 atom stereocenters. The smallest absolute Gasteiger partial charge is 0.355 e. The third-order valence-electron chi connectivity index (χ3n) is 10.1. The molecule has 0 spiro atoms. The van der Waals surface area contributed by atoms with Crippen molar-refractivity contribution >= 4 is 59.1 Å². The molecule has 3 rings (SSSR count). The second kappa shape index (κ2) is 27.0. The summed E-state index contributed by atoms with van der Waals surface area (Å²) >= 11 is 0. The molecule has 0 bridgehead atoms. The van der Waals surface area contributed by atoms with E-state index in [2.05, 4.69) is 26.6 Å². The molecule has 0 aliphatic carbocycles. The lowest BCUT2D eigenvalue weighted by Crippen LogP contribution is -2.54. The number of ether oxygens (including phenoxy) is 1. The van der Waals surface area contributed by atoms with E-state index in [9.17, 15) is 47.9 Å². The number of carbonyl (C=O) groups is 10. The number of amides is 7. The van der Waals surface area contributed by atoms with Gasteiger partial charge in [0, 0.05) is 51.5 Å². The molecule has 5 N–H and O–H groups in total. The first-order valence-corrected chi connectivity index (χ1v) is 22.1. The molecule has 0 aromatic heterocycles. The zero-order valence-electron chi connectivity index (χ0n) is 38.0. The summed E-state index contributed by atoms with van der Waals surface area (Å²) in [7, 11) is 0. The Morgan fingerprint density at radius 3 is 1.71 bits per heavy atom. The zero-order valence-corrected chi connectivity index (χ0v) is 38.0. The van der Waals surface area contributed by atoms with Crippen LogP contribution in [-0.2, 0) is 65.6 Å². The van der Waals surface area contributed by atoms with Crippen molar-refractivity contribution in [3.8, 4) is 0 Å². The third-order valence-corrected chi connectivity index (χ3v) is 10.1. The Hall–Kier alpha value is -6.46. The number of hydrogen-bond donors (Lipinski definition) is 5. The molecule has 2 aromatic carbocycles. The second-order valence-electron chi connectivity index (χ2n) is 17.1. The summed E-state index contributed by atoms with van der Waals surface area (Å²) in [4.78, 5) is 132. The third kappa shape index (κ3) is 20.7. The van der Waals surface area contributed by atoms with Crippen LogP contribution in [0.4, 0.5) is 4.79 Å². The standard InChI is InChI=1S/C47H64N6O12/c1-31(54)22-23-35(32(2)55)51-46(63)52-36(44(61)64-47(3,4)5)24-25-39(56)48-28-16-8-6-7-15-21-40(57)49-37(29-33-17-11-9-12-18-33)43(60)50-38(30-34-19-13-10-14-20-34)45(62)65-53-41(58)26-27-42(53)59/h9-14,17-20,35-38H,6-8,15-16,21-30H2,1-5H3,(H,48,56)(H,49,57)(H,50,60)(H2,51,52,63)/t35-,36-,37-,38-/m0/s1. The van der Waals surface area contributed by atoms with Crippen molar-refractivity contribution in [2.24, 2.45) is 0 Å². The lowest BCUT2D eigenvalue weighted by molar-refractivity contribution is -0.199. The molecule has 0 saturated carbocycles. The van der Waals surface area contributed by atoms with Gasteiger partial charge in [0.25, 0.3) is 11.8 Å². The first-order valence-electron chi connectivity index (χ1n) is 22.1. The van der Waals surface area contributed by atoms with E-state index in [1.807, 2.05) is 18.2 Å². The Kier molecular flexibility index (Phi) is 22.0. The minimum Gasteiger partial charge on any atom is -0.458 e. The minimum atomic E-state index is -1.28. The largest absolute Gasteiger partial charge is 0.458 e. The monoisotopic (exact) mass is 904 g/mol. The fraction of sp³-hybridized carbons (Fsp3) is 0.532. The number of hydrogen-bond acceptors (Lipinski definition) is 12. The highest BCUT2D eigenvalue weighted by Crippen LogP contribution is 2.16. The van der Waals surface area contributed by atoms with E-state index >= 15 is 0 Å². The fourth-order valence-corrected chi connectivity index (χ4v) is 6.69. The van der Waals surface area contributed by atoms with E-state index in [4.69, 9.17) is 9.57 Å². The van der Waals surface area contributed by atoms with E-state index in [0.717, 1.165) is 18.4 Å². The van der Waals surface area contributed by atoms with Crippen LogP contribution in [0, 0.1) is 0 Å². The quantitative estimate of drug-likeness (QED) is 0.0490. The Morgan fingerprint density at radius 2 is 1.14 bits per heavy atom. The lowest BCUT2D eigenvalue weighted by atomic mass is 10.0. The van der Waals surface area contributed by atoms with Crippen LogP contribution >= 0.6 is 0 Å². The summed E-state index contributed by atoms with van der Waals surface area (Å²) in [6.07, 6.45) is 3.49. The van der Waals surface area contributed by atoms with Crippen molar-refractivity contribution in [2.75, 3.05) is 6.54 Å². The maximum Gasteiger partial charge on any atom is 0.355 e. The van der Waals surface area contributed by atoms with Gasteiger partial charge in [0.15, 0.2) is 5.78 Å². The first kappa shape index (κ1) is 52.9. The summed E-state index contributed by atoms with van der Waals surface area (Å²) in [6.45, 7) is 8.03. The molecule has 7 amide bonds. The van der Waals surface area contributed by atoms with Crippen LogP contribution in [0.5, 0.6) is 0 Å². The van der Waals surface area contributed by atoms with E-state index in [-0.39, 0.29) is 81.2 Å².